The maximum atomic E-state index is 13.3. The van der Waals surface area contributed by atoms with Crippen molar-refractivity contribution in [3.05, 3.63) is 67.4 Å². The number of halogens is 2. The number of Topliss-reactive ketones (excluding diaryl/α,β-unsaturated/α-hetero) is 1. The average molecular weight is 505 g/mol. The molecule has 1 aliphatic heterocycles. The van der Waals surface area contributed by atoms with Gasteiger partial charge in [0.2, 0.25) is 0 Å². The second kappa shape index (κ2) is 9.52. The number of anilines is 1. The number of ketones is 1. The van der Waals surface area contributed by atoms with Crippen molar-refractivity contribution in [1.82, 2.24) is 0 Å². The van der Waals surface area contributed by atoms with E-state index in [0.717, 1.165) is 34.1 Å². The Kier molecular flexibility index (Phi) is 6.92. The molecule has 2 N–H and O–H groups in total. The number of carbonyl (C=O) groups is 1. The summed E-state index contributed by atoms with van der Waals surface area (Å²) in [7, 11) is 0. The van der Waals surface area contributed by atoms with Crippen molar-refractivity contribution >= 4 is 57.8 Å². The van der Waals surface area contributed by atoms with Crippen LogP contribution in [-0.4, -0.2) is 11.5 Å². The molecule has 1 aromatic carbocycles. The number of nitrogens with two attached hydrogens (primary N) is 1. The van der Waals surface area contributed by atoms with Crippen LogP contribution < -0.4 is 10.6 Å². The van der Waals surface area contributed by atoms with Crippen molar-refractivity contribution in [2.24, 2.45) is 5.73 Å². The number of aryl methyl sites for hydroxylation is 1. The van der Waals surface area contributed by atoms with E-state index in [2.05, 4.69) is 26.0 Å². The first-order valence-corrected chi connectivity index (χ1v) is 13.1. The highest BCUT2D eigenvalue weighted by molar-refractivity contribution is 8.01. The van der Waals surface area contributed by atoms with Crippen LogP contribution in [0.4, 0.5) is 5.69 Å². The Bertz CT molecular complexity index is 1170. The lowest BCUT2D eigenvalue weighted by Gasteiger charge is -2.39. The standard InChI is InChI=1S/C24H23Cl2N3OS2/c1-3-16-11-17(24(32-16)31-4-2)21-18(12-27)23(28)29(15-9-13(25)8-14(26)10-15)19-6-5-7-20(30)22(19)21/h8-11,21H,3-7,28H2,1-2H3/t21-/m1/s1. The zero-order valence-corrected chi connectivity index (χ0v) is 21.0. The molecule has 0 bridgehead atoms. The van der Waals surface area contributed by atoms with Crippen LogP contribution in [-0.2, 0) is 11.2 Å². The molecule has 1 atom stereocenters. The minimum Gasteiger partial charge on any atom is -0.384 e. The average Bonchev–Trinajstić information content (AvgIpc) is 3.15. The summed E-state index contributed by atoms with van der Waals surface area (Å²) in [6.07, 6.45) is 2.81. The van der Waals surface area contributed by atoms with E-state index in [1.54, 1.807) is 46.2 Å². The Morgan fingerprint density at radius 3 is 2.56 bits per heavy atom. The van der Waals surface area contributed by atoms with Gasteiger partial charge in [-0.2, -0.15) is 5.26 Å². The van der Waals surface area contributed by atoms with Gasteiger partial charge in [0.15, 0.2) is 5.78 Å². The fourth-order valence-corrected chi connectivity index (χ4v) is 7.31. The first-order valence-electron chi connectivity index (χ1n) is 10.6. The molecule has 4 nitrogen and oxygen atoms in total. The highest BCUT2D eigenvalue weighted by Crippen LogP contribution is 2.50. The molecule has 0 amide bonds. The number of nitrogens with zero attached hydrogens (tertiary/aromatic N) is 2. The van der Waals surface area contributed by atoms with Gasteiger partial charge in [-0.3, -0.25) is 9.69 Å². The number of hydrogen-bond donors (Lipinski definition) is 1. The Labute approximate surface area is 206 Å². The Balaban J connectivity index is 1.98. The van der Waals surface area contributed by atoms with E-state index >= 15 is 0 Å². The van der Waals surface area contributed by atoms with Crippen LogP contribution in [0, 0.1) is 11.3 Å². The molecule has 0 saturated heterocycles. The molecule has 0 saturated carbocycles. The van der Waals surface area contributed by atoms with Crippen LogP contribution in [0.15, 0.2) is 51.1 Å². The molecule has 4 rings (SSSR count). The Morgan fingerprint density at radius 2 is 1.94 bits per heavy atom. The number of carbonyl (C=O) groups excluding carboxylic acids is 1. The van der Waals surface area contributed by atoms with Gasteiger partial charge in [0.05, 0.1) is 27.5 Å². The molecule has 32 heavy (non-hydrogen) atoms. The van der Waals surface area contributed by atoms with Crippen molar-refractivity contribution in [3.8, 4) is 6.07 Å². The highest BCUT2D eigenvalue weighted by atomic mass is 35.5. The van der Waals surface area contributed by atoms with Crippen LogP contribution >= 0.6 is 46.3 Å². The van der Waals surface area contributed by atoms with Gasteiger partial charge in [0.25, 0.3) is 0 Å². The van der Waals surface area contributed by atoms with Crippen LogP contribution in [0.5, 0.6) is 0 Å². The lowest BCUT2D eigenvalue weighted by Crippen LogP contribution is -2.38. The van der Waals surface area contributed by atoms with Gasteiger partial charge in [-0.05, 0) is 54.8 Å². The smallest absolute Gasteiger partial charge is 0.161 e. The summed E-state index contributed by atoms with van der Waals surface area (Å²) in [6, 6.07) is 9.66. The summed E-state index contributed by atoms with van der Waals surface area (Å²) in [5.41, 5.74) is 10.3. The number of rotatable bonds is 5. The molecule has 2 aromatic rings. The number of benzene rings is 1. The minimum atomic E-state index is -0.445. The van der Waals surface area contributed by atoms with Crippen molar-refractivity contribution in [2.45, 2.75) is 49.7 Å². The molecular formula is C24H23Cl2N3OS2. The molecule has 8 heteroatoms. The first-order chi connectivity index (χ1) is 15.4. The quantitative estimate of drug-likeness (QED) is 0.443. The third-order valence-corrected chi connectivity index (χ3v) is 8.65. The van der Waals surface area contributed by atoms with E-state index in [9.17, 15) is 10.1 Å². The summed E-state index contributed by atoms with van der Waals surface area (Å²) < 4.78 is 1.15. The van der Waals surface area contributed by atoms with Gasteiger partial charge >= 0.3 is 0 Å². The van der Waals surface area contributed by atoms with E-state index in [1.807, 2.05) is 0 Å². The summed E-state index contributed by atoms with van der Waals surface area (Å²) in [6.45, 7) is 4.23. The molecule has 1 aliphatic carbocycles. The van der Waals surface area contributed by atoms with Crippen LogP contribution in [0.2, 0.25) is 10.0 Å². The van der Waals surface area contributed by atoms with E-state index < -0.39 is 5.92 Å². The number of thiophene rings is 1. The molecule has 0 spiro atoms. The normalized spacial score (nSPS) is 18.8. The van der Waals surface area contributed by atoms with Gasteiger partial charge in [-0.25, -0.2) is 0 Å². The van der Waals surface area contributed by atoms with Gasteiger partial charge in [0.1, 0.15) is 5.82 Å². The topological polar surface area (TPSA) is 70.1 Å². The lowest BCUT2D eigenvalue weighted by molar-refractivity contribution is -0.116. The predicted octanol–water partition coefficient (Wildman–Crippen LogP) is 7.03. The number of allylic oxidation sites excluding steroid dienone is 3. The SMILES string of the molecule is CCSc1sc(CC)cc1[C@@H]1C(C#N)=C(N)N(c2cc(Cl)cc(Cl)c2)C2=C1C(=O)CCC2. The molecule has 2 heterocycles. The summed E-state index contributed by atoms with van der Waals surface area (Å²) in [5.74, 6) is 0.879. The van der Waals surface area contributed by atoms with E-state index in [4.69, 9.17) is 28.9 Å². The second-order valence-electron chi connectivity index (χ2n) is 7.69. The van der Waals surface area contributed by atoms with Gasteiger partial charge in [0, 0.05) is 32.6 Å². The number of nitriles is 1. The Morgan fingerprint density at radius 1 is 1.22 bits per heavy atom. The fraction of sp³-hybridized carbons (Fsp3) is 0.333. The molecule has 0 unspecified atom stereocenters. The zero-order valence-electron chi connectivity index (χ0n) is 17.9. The largest absolute Gasteiger partial charge is 0.384 e. The monoisotopic (exact) mass is 503 g/mol. The van der Waals surface area contributed by atoms with Gasteiger partial charge in [-0.1, -0.05) is 37.0 Å². The van der Waals surface area contributed by atoms with Crippen molar-refractivity contribution in [3.63, 3.8) is 0 Å². The lowest BCUT2D eigenvalue weighted by atomic mass is 9.76. The minimum absolute atomic E-state index is 0.0753. The van der Waals surface area contributed by atoms with Crippen LogP contribution in [0.1, 0.15) is 49.5 Å². The number of thioether (sulfide) groups is 1. The second-order valence-corrected chi connectivity index (χ2v) is 11.2. The number of hydrogen-bond acceptors (Lipinski definition) is 6. The van der Waals surface area contributed by atoms with Gasteiger partial charge < -0.3 is 5.73 Å². The van der Waals surface area contributed by atoms with E-state index in [1.165, 1.54) is 4.88 Å². The van der Waals surface area contributed by atoms with Crippen LogP contribution in [0.25, 0.3) is 0 Å². The molecular weight excluding hydrogens is 481 g/mol. The summed E-state index contributed by atoms with van der Waals surface area (Å²) >= 11 is 16.0. The third kappa shape index (κ3) is 4.08. The van der Waals surface area contributed by atoms with E-state index in [-0.39, 0.29) is 5.78 Å². The van der Waals surface area contributed by atoms with E-state index in [0.29, 0.717) is 45.5 Å². The molecule has 2 aliphatic rings. The maximum absolute atomic E-state index is 13.3. The molecule has 1 aromatic heterocycles. The molecule has 0 radical (unpaired) electrons. The summed E-state index contributed by atoms with van der Waals surface area (Å²) in [4.78, 5) is 16.4. The Hall–Kier alpha value is -1.91. The zero-order chi connectivity index (χ0) is 23.0. The highest BCUT2D eigenvalue weighted by Gasteiger charge is 2.41. The first kappa shape index (κ1) is 23.3. The summed E-state index contributed by atoms with van der Waals surface area (Å²) in [5, 5.41) is 11.2. The van der Waals surface area contributed by atoms with Gasteiger partial charge in [-0.15, -0.1) is 23.1 Å². The van der Waals surface area contributed by atoms with Crippen molar-refractivity contribution in [1.29, 1.82) is 5.26 Å². The maximum Gasteiger partial charge on any atom is 0.161 e. The molecule has 0 fully saturated rings. The van der Waals surface area contributed by atoms with Crippen molar-refractivity contribution in [2.75, 3.05) is 10.7 Å². The fourth-order valence-electron chi connectivity index (χ4n) is 4.42. The van der Waals surface area contributed by atoms with Crippen molar-refractivity contribution < 1.29 is 4.79 Å². The predicted molar refractivity (Wildman–Crippen MR) is 134 cm³/mol. The molecule has 166 valence electrons. The third-order valence-electron chi connectivity index (χ3n) is 5.73. The van der Waals surface area contributed by atoms with Crippen LogP contribution in [0.3, 0.4) is 0 Å².